The molecule has 0 bridgehead atoms. The van der Waals surface area contributed by atoms with Gasteiger partial charge in [-0.05, 0) is 13.3 Å². The molecule has 0 aliphatic carbocycles. The van der Waals surface area contributed by atoms with Gasteiger partial charge in [-0.2, -0.15) is 0 Å². The fourth-order valence-electron chi connectivity index (χ4n) is 2.14. The summed E-state index contributed by atoms with van der Waals surface area (Å²) in [6, 6.07) is 0.447. The number of rotatable bonds is 4. The van der Waals surface area contributed by atoms with E-state index in [-0.39, 0.29) is 5.75 Å². The van der Waals surface area contributed by atoms with E-state index in [9.17, 15) is 8.42 Å². The molecule has 2 heterocycles. The number of nitrogens with one attached hydrogen (secondary N) is 1. The first-order valence-corrected chi connectivity index (χ1v) is 9.66. The van der Waals surface area contributed by atoms with Crippen molar-refractivity contribution in [3.63, 3.8) is 0 Å². The Bertz CT molecular complexity index is 552. The Labute approximate surface area is 125 Å². The molecule has 1 saturated heterocycles. The molecular formula is C13H23N3O2S2. The van der Waals surface area contributed by atoms with Gasteiger partial charge in [-0.1, -0.05) is 13.8 Å². The molecule has 1 N–H and O–H groups in total. The number of hydrogen-bond donors (Lipinski definition) is 1. The SMILES string of the molecule is Cc1nc(N2CCCS(=O)(=O)CC2)sc1CNC(C)C. The summed E-state index contributed by atoms with van der Waals surface area (Å²) in [6.07, 6.45) is 0.695. The highest BCUT2D eigenvalue weighted by molar-refractivity contribution is 7.91. The lowest BCUT2D eigenvalue weighted by atomic mass is 10.3. The highest BCUT2D eigenvalue weighted by Gasteiger charge is 2.21. The predicted octanol–water partition coefficient (Wildman–Crippen LogP) is 1.57. The van der Waals surface area contributed by atoms with Crippen LogP contribution in [0, 0.1) is 6.92 Å². The van der Waals surface area contributed by atoms with E-state index in [0.29, 0.717) is 24.8 Å². The zero-order valence-corrected chi connectivity index (χ0v) is 14.0. The van der Waals surface area contributed by atoms with Gasteiger partial charge in [-0.25, -0.2) is 13.4 Å². The quantitative estimate of drug-likeness (QED) is 0.913. The van der Waals surface area contributed by atoms with Crippen molar-refractivity contribution >= 4 is 26.3 Å². The molecule has 5 nitrogen and oxygen atoms in total. The zero-order chi connectivity index (χ0) is 14.8. The molecule has 1 fully saturated rings. The van der Waals surface area contributed by atoms with E-state index in [4.69, 9.17) is 0 Å². The summed E-state index contributed by atoms with van der Waals surface area (Å²) in [5.41, 5.74) is 1.05. The summed E-state index contributed by atoms with van der Waals surface area (Å²) in [7, 11) is -2.86. The van der Waals surface area contributed by atoms with Crippen LogP contribution in [0.5, 0.6) is 0 Å². The minimum Gasteiger partial charge on any atom is -0.347 e. The van der Waals surface area contributed by atoms with Crippen LogP contribution in [0.4, 0.5) is 5.13 Å². The standard InChI is InChI=1S/C13H23N3O2S2/c1-10(2)14-9-12-11(3)15-13(19-12)16-5-4-7-20(17,18)8-6-16/h10,14H,4-9H2,1-3H3. The third-order valence-corrected chi connectivity index (χ3v) is 6.31. The van der Waals surface area contributed by atoms with Gasteiger partial charge in [0, 0.05) is 30.6 Å². The number of hydrogen-bond acceptors (Lipinski definition) is 6. The summed E-state index contributed by atoms with van der Waals surface area (Å²) in [5.74, 6) is 0.542. The molecule has 20 heavy (non-hydrogen) atoms. The summed E-state index contributed by atoms with van der Waals surface area (Å²) in [6.45, 7) is 8.43. The predicted molar refractivity (Wildman–Crippen MR) is 84.3 cm³/mol. The third kappa shape index (κ3) is 4.17. The Balaban J connectivity index is 2.07. The van der Waals surface area contributed by atoms with E-state index < -0.39 is 9.84 Å². The van der Waals surface area contributed by atoms with Crippen molar-refractivity contribution in [2.24, 2.45) is 0 Å². The van der Waals surface area contributed by atoms with Gasteiger partial charge in [0.1, 0.15) is 0 Å². The van der Waals surface area contributed by atoms with E-state index >= 15 is 0 Å². The topological polar surface area (TPSA) is 62.3 Å². The molecule has 1 aliphatic rings. The second kappa shape index (κ2) is 6.41. The van der Waals surface area contributed by atoms with Gasteiger partial charge in [0.05, 0.1) is 17.2 Å². The lowest BCUT2D eigenvalue weighted by Gasteiger charge is -2.17. The molecule has 1 aliphatic heterocycles. The van der Waals surface area contributed by atoms with Crippen molar-refractivity contribution in [3.8, 4) is 0 Å². The molecule has 0 atom stereocenters. The Kier molecular flexibility index (Phi) is 5.04. The number of aromatic nitrogens is 1. The van der Waals surface area contributed by atoms with Gasteiger partial charge in [0.15, 0.2) is 15.0 Å². The third-order valence-electron chi connectivity index (χ3n) is 3.38. The molecule has 0 radical (unpaired) electrons. The molecule has 0 aromatic carbocycles. The molecule has 0 saturated carbocycles. The second-order valence-corrected chi connectivity index (χ2v) is 8.90. The van der Waals surface area contributed by atoms with Crippen LogP contribution in [0.2, 0.25) is 0 Å². The summed E-state index contributed by atoms with van der Waals surface area (Å²) < 4.78 is 23.3. The first-order valence-electron chi connectivity index (χ1n) is 7.02. The number of thiazole rings is 1. The average molecular weight is 317 g/mol. The van der Waals surface area contributed by atoms with Crippen LogP contribution in [-0.4, -0.2) is 44.0 Å². The Morgan fingerprint density at radius 1 is 1.35 bits per heavy atom. The lowest BCUT2D eigenvalue weighted by molar-refractivity contribution is 0.591. The largest absolute Gasteiger partial charge is 0.347 e. The first-order chi connectivity index (χ1) is 9.37. The van der Waals surface area contributed by atoms with E-state index in [2.05, 4.69) is 29.0 Å². The van der Waals surface area contributed by atoms with Crippen molar-refractivity contribution in [1.29, 1.82) is 0 Å². The van der Waals surface area contributed by atoms with Crippen molar-refractivity contribution < 1.29 is 8.42 Å². The highest BCUT2D eigenvalue weighted by atomic mass is 32.2. The lowest BCUT2D eigenvalue weighted by Crippen LogP contribution is -2.26. The Morgan fingerprint density at radius 2 is 2.10 bits per heavy atom. The smallest absolute Gasteiger partial charge is 0.185 e. The van der Waals surface area contributed by atoms with Crippen LogP contribution in [0.25, 0.3) is 0 Å². The van der Waals surface area contributed by atoms with E-state index in [1.165, 1.54) is 4.88 Å². The molecule has 114 valence electrons. The Hall–Kier alpha value is -0.660. The number of nitrogens with zero attached hydrogens (tertiary/aromatic N) is 2. The van der Waals surface area contributed by atoms with Crippen LogP contribution >= 0.6 is 11.3 Å². The maximum Gasteiger partial charge on any atom is 0.185 e. The van der Waals surface area contributed by atoms with E-state index in [0.717, 1.165) is 23.9 Å². The maximum atomic E-state index is 11.6. The van der Waals surface area contributed by atoms with Gasteiger partial charge >= 0.3 is 0 Å². The van der Waals surface area contributed by atoms with Gasteiger partial charge in [-0.15, -0.1) is 11.3 Å². The number of sulfone groups is 1. The normalized spacial score (nSPS) is 19.3. The highest BCUT2D eigenvalue weighted by Crippen LogP contribution is 2.27. The van der Waals surface area contributed by atoms with Gasteiger partial charge in [-0.3, -0.25) is 0 Å². The zero-order valence-electron chi connectivity index (χ0n) is 12.3. The summed E-state index contributed by atoms with van der Waals surface area (Å²) >= 11 is 1.67. The molecule has 2 rings (SSSR count). The number of anilines is 1. The molecule has 0 amide bonds. The van der Waals surface area contributed by atoms with Crippen molar-refractivity contribution in [2.45, 2.75) is 39.8 Å². The minimum absolute atomic E-state index is 0.241. The van der Waals surface area contributed by atoms with Crippen molar-refractivity contribution in [1.82, 2.24) is 10.3 Å². The first kappa shape index (κ1) is 15.7. The van der Waals surface area contributed by atoms with Gasteiger partial charge < -0.3 is 10.2 Å². The minimum atomic E-state index is -2.86. The maximum absolute atomic E-state index is 11.6. The van der Waals surface area contributed by atoms with Crippen LogP contribution < -0.4 is 10.2 Å². The fraction of sp³-hybridized carbons (Fsp3) is 0.769. The number of aryl methyl sites for hydroxylation is 1. The molecule has 0 spiro atoms. The Morgan fingerprint density at radius 3 is 2.80 bits per heavy atom. The summed E-state index contributed by atoms with van der Waals surface area (Å²) in [4.78, 5) is 7.96. The van der Waals surface area contributed by atoms with E-state index in [1.54, 1.807) is 11.3 Å². The van der Waals surface area contributed by atoms with Gasteiger partial charge in [0.2, 0.25) is 0 Å². The molecular weight excluding hydrogens is 294 g/mol. The monoisotopic (exact) mass is 317 g/mol. The fourth-order valence-corrected chi connectivity index (χ4v) is 4.47. The van der Waals surface area contributed by atoms with Crippen LogP contribution in [0.15, 0.2) is 0 Å². The molecule has 1 aromatic heterocycles. The summed E-state index contributed by atoms with van der Waals surface area (Å²) in [5, 5.41) is 4.36. The molecule has 7 heteroatoms. The average Bonchev–Trinajstić information content (AvgIpc) is 2.61. The second-order valence-electron chi connectivity index (χ2n) is 5.53. The molecule has 1 aromatic rings. The van der Waals surface area contributed by atoms with Gasteiger partial charge in [0.25, 0.3) is 0 Å². The van der Waals surface area contributed by atoms with Crippen LogP contribution in [0.3, 0.4) is 0 Å². The van der Waals surface area contributed by atoms with Crippen LogP contribution in [0.1, 0.15) is 30.8 Å². The van der Waals surface area contributed by atoms with E-state index in [1.807, 2.05) is 6.92 Å². The van der Waals surface area contributed by atoms with Crippen LogP contribution in [-0.2, 0) is 16.4 Å². The van der Waals surface area contributed by atoms with Crippen molar-refractivity contribution in [2.75, 3.05) is 29.5 Å². The van der Waals surface area contributed by atoms with Crippen molar-refractivity contribution in [3.05, 3.63) is 10.6 Å². The molecule has 0 unspecified atom stereocenters.